The molecule has 0 radical (unpaired) electrons. The highest BCUT2D eigenvalue weighted by Crippen LogP contribution is 2.56. The Hall–Kier alpha value is -4.30. The van der Waals surface area contributed by atoms with E-state index in [-0.39, 0.29) is 46.8 Å². The average molecular weight is 657 g/mol. The van der Waals surface area contributed by atoms with Gasteiger partial charge in [0.2, 0.25) is 11.5 Å². The summed E-state index contributed by atoms with van der Waals surface area (Å²) in [5.41, 5.74) is 0.539. The number of aliphatic hydroxyl groups is 1. The van der Waals surface area contributed by atoms with Crippen molar-refractivity contribution in [2.45, 2.75) is 55.9 Å². The summed E-state index contributed by atoms with van der Waals surface area (Å²) >= 11 is 1.31. The first-order valence-electron chi connectivity index (χ1n) is 14.7. The van der Waals surface area contributed by atoms with E-state index < -0.39 is 47.1 Å². The first kappa shape index (κ1) is 30.4. The van der Waals surface area contributed by atoms with Crippen LogP contribution in [0.25, 0.3) is 21.5 Å². The van der Waals surface area contributed by atoms with E-state index >= 15 is 0 Å². The molecule has 2 aliphatic carbocycles. The smallest absolute Gasteiger partial charge is 0.424 e. The number of hydrogen-bond donors (Lipinski definition) is 3. The van der Waals surface area contributed by atoms with E-state index in [1.54, 1.807) is 6.92 Å². The lowest BCUT2D eigenvalue weighted by Gasteiger charge is -2.32. The molecule has 2 fully saturated rings. The molecule has 240 valence electrons. The van der Waals surface area contributed by atoms with Crippen molar-refractivity contribution >= 4 is 33.4 Å². The Morgan fingerprint density at radius 2 is 1.85 bits per heavy atom. The van der Waals surface area contributed by atoms with E-state index in [9.17, 15) is 32.3 Å². The van der Waals surface area contributed by atoms with Gasteiger partial charge in [-0.3, -0.25) is 9.59 Å². The van der Waals surface area contributed by atoms with Crippen LogP contribution < -0.4 is 20.5 Å². The Labute approximate surface area is 263 Å². The van der Waals surface area contributed by atoms with Gasteiger partial charge in [0.15, 0.2) is 0 Å². The number of carbonyl (C=O) groups is 2. The van der Waals surface area contributed by atoms with Crippen LogP contribution in [0.15, 0.2) is 42.5 Å². The van der Waals surface area contributed by atoms with Gasteiger partial charge in [0.05, 0.1) is 28.1 Å². The first-order valence-corrected chi connectivity index (χ1v) is 15.5. The Morgan fingerprint density at radius 1 is 1.13 bits per heavy atom. The number of alkyl halides is 3. The zero-order valence-electron chi connectivity index (χ0n) is 24.4. The van der Waals surface area contributed by atoms with Crippen molar-refractivity contribution in [1.29, 1.82) is 0 Å². The minimum absolute atomic E-state index is 0.0211. The summed E-state index contributed by atoms with van der Waals surface area (Å²) in [7, 11) is 0. The van der Waals surface area contributed by atoms with Gasteiger partial charge >= 0.3 is 6.18 Å². The largest absolute Gasteiger partial charge is 0.489 e. The molecule has 2 aromatic carbocycles. The Bertz CT molecular complexity index is 1890. The fourth-order valence-electron chi connectivity index (χ4n) is 5.95. The number of aryl methyl sites for hydroxylation is 1. The quantitative estimate of drug-likeness (QED) is 0.215. The third-order valence-corrected chi connectivity index (χ3v) is 9.69. The number of fused-ring (bicyclic) bond motifs is 2. The number of benzene rings is 2. The third kappa shape index (κ3) is 5.03. The minimum Gasteiger partial charge on any atom is -0.489 e. The molecule has 4 N–H and O–H groups in total. The number of ether oxygens (including phenoxy) is 2. The van der Waals surface area contributed by atoms with Crippen LogP contribution in [0.3, 0.4) is 0 Å². The SMILES string of the molecule is Cc1nc2c(OC3CC3)cc(C(=O)NC[C@](O)(c3cc4c(c(-c5ccc(F)cc5)n3)OC[C@@]4(C(N)=O)C3CC3)C(F)(F)F)cc2s1. The van der Waals surface area contributed by atoms with E-state index in [4.69, 9.17) is 15.2 Å². The van der Waals surface area contributed by atoms with Crippen LogP contribution in [0.4, 0.5) is 17.6 Å². The maximum Gasteiger partial charge on any atom is 0.424 e. The number of pyridine rings is 1. The zero-order chi connectivity index (χ0) is 32.6. The van der Waals surface area contributed by atoms with E-state index in [0.29, 0.717) is 28.8 Å². The second-order valence-electron chi connectivity index (χ2n) is 12.1. The van der Waals surface area contributed by atoms with Crippen LogP contribution in [0.5, 0.6) is 11.5 Å². The summed E-state index contributed by atoms with van der Waals surface area (Å²) in [4.78, 5) is 34.9. The number of carbonyl (C=O) groups excluding carboxylic acids is 2. The molecule has 0 unspecified atom stereocenters. The molecule has 2 amide bonds. The summed E-state index contributed by atoms with van der Waals surface area (Å²) in [6.45, 7) is 0.268. The maximum atomic E-state index is 14.9. The number of primary amides is 1. The number of aromatic nitrogens is 2. The number of thiazole rings is 1. The molecule has 9 nitrogen and oxygen atoms in total. The number of nitrogens with zero attached hydrogens (tertiary/aromatic N) is 2. The molecule has 4 aromatic rings. The topological polar surface area (TPSA) is 137 Å². The fraction of sp³-hybridized carbons (Fsp3) is 0.375. The van der Waals surface area contributed by atoms with E-state index in [1.165, 1.54) is 35.6 Å². The molecule has 46 heavy (non-hydrogen) atoms. The second kappa shape index (κ2) is 10.6. The zero-order valence-corrected chi connectivity index (χ0v) is 25.2. The van der Waals surface area contributed by atoms with Gasteiger partial charge in [-0.05, 0) is 81.0 Å². The number of hydrogen-bond acceptors (Lipinski definition) is 8. The molecule has 3 aliphatic rings. The third-order valence-electron chi connectivity index (χ3n) is 8.77. The molecule has 2 atom stereocenters. The normalized spacial score (nSPS) is 20.6. The lowest BCUT2D eigenvalue weighted by atomic mass is 9.76. The van der Waals surface area contributed by atoms with Gasteiger partial charge in [-0.2, -0.15) is 13.2 Å². The number of halogens is 4. The van der Waals surface area contributed by atoms with Gasteiger partial charge in [-0.1, -0.05) is 0 Å². The summed E-state index contributed by atoms with van der Waals surface area (Å²) in [6.07, 6.45) is -2.47. The van der Waals surface area contributed by atoms with Crippen molar-refractivity contribution in [2.75, 3.05) is 13.2 Å². The van der Waals surface area contributed by atoms with Crippen LogP contribution in [0.2, 0.25) is 0 Å². The van der Waals surface area contributed by atoms with Crippen LogP contribution in [0.1, 0.15) is 52.3 Å². The van der Waals surface area contributed by atoms with Gasteiger partial charge in [-0.15, -0.1) is 11.3 Å². The van der Waals surface area contributed by atoms with Crippen LogP contribution in [-0.2, 0) is 15.8 Å². The van der Waals surface area contributed by atoms with Crippen LogP contribution in [0, 0.1) is 18.7 Å². The number of amides is 2. The fourth-order valence-corrected chi connectivity index (χ4v) is 6.84. The van der Waals surface area contributed by atoms with Crippen molar-refractivity contribution < 1.29 is 41.7 Å². The van der Waals surface area contributed by atoms with Crippen LogP contribution in [-0.4, -0.2) is 52.3 Å². The molecule has 0 saturated heterocycles. The second-order valence-corrected chi connectivity index (χ2v) is 13.3. The molecular formula is C32H28F4N4O5S. The molecule has 1 aliphatic heterocycles. The minimum atomic E-state index is -5.34. The predicted octanol–water partition coefficient (Wildman–Crippen LogP) is 5.05. The Balaban J connectivity index is 1.29. The van der Waals surface area contributed by atoms with E-state index in [1.807, 2.05) is 0 Å². The van der Waals surface area contributed by atoms with Gasteiger partial charge < -0.3 is 25.6 Å². The van der Waals surface area contributed by atoms with Crippen molar-refractivity contribution in [3.63, 3.8) is 0 Å². The lowest BCUT2D eigenvalue weighted by molar-refractivity contribution is -0.265. The first-order chi connectivity index (χ1) is 21.8. The molecular weight excluding hydrogens is 628 g/mol. The summed E-state index contributed by atoms with van der Waals surface area (Å²) in [5.74, 6) is -2.15. The van der Waals surface area contributed by atoms with E-state index in [2.05, 4.69) is 15.3 Å². The summed E-state index contributed by atoms with van der Waals surface area (Å²) in [6, 6.07) is 8.75. The van der Waals surface area contributed by atoms with Gasteiger partial charge in [0, 0.05) is 16.7 Å². The van der Waals surface area contributed by atoms with Gasteiger partial charge in [0.1, 0.15) is 40.5 Å². The molecule has 0 spiro atoms. The molecule has 3 heterocycles. The molecule has 2 aromatic heterocycles. The highest BCUT2D eigenvalue weighted by Gasteiger charge is 2.60. The standard InChI is InChI=1S/C32H28F4N4O5S/c1-15-39-26-22(45-20-8-9-20)10-17(11-23(26)46-15)28(41)38-13-31(43,32(34,35)36)24-12-21-27(25(40-24)16-2-6-19(33)7-3-16)44-14-30(21,29(37)42)18-4-5-18/h2-3,6-7,10-12,18,20,43H,4-5,8-9,13-14H2,1H3,(H2,37,42)(H,38,41)/t30-,31+/m1/s1. The van der Waals surface area contributed by atoms with Crippen molar-refractivity contribution in [1.82, 2.24) is 15.3 Å². The molecule has 0 bridgehead atoms. The monoisotopic (exact) mass is 656 g/mol. The summed E-state index contributed by atoms with van der Waals surface area (Å²) in [5, 5.41) is 14.4. The molecule has 7 rings (SSSR count). The maximum absolute atomic E-state index is 14.9. The van der Waals surface area contributed by atoms with E-state index in [0.717, 1.165) is 36.0 Å². The van der Waals surface area contributed by atoms with Gasteiger partial charge in [0.25, 0.3) is 5.91 Å². The molecule has 14 heteroatoms. The highest BCUT2D eigenvalue weighted by atomic mass is 32.1. The lowest BCUT2D eigenvalue weighted by Crippen LogP contribution is -2.52. The van der Waals surface area contributed by atoms with Crippen molar-refractivity contribution in [3.8, 4) is 22.8 Å². The average Bonchev–Trinajstić information content (AvgIpc) is 3.94. The molecule has 2 saturated carbocycles. The van der Waals surface area contributed by atoms with Gasteiger partial charge in [-0.25, -0.2) is 14.4 Å². The number of nitrogens with one attached hydrogen (secondary N) is 1. The Kier molecular flexibility index (Phi) is 7.01. The highest BCUT2D eigenvalue weighted by molar-refractivity contribution is 7.18. The summed E-state index contributed by atoms with van der Waals surface area (Å²) < 4.78 is 70.9. The number of rotatable bonds is 9. The van der Waals surface area contributed by atoms with Crippen LogP contribution >= 0.6 is 11.3 Å². The predicted molar refractivity (Wildman–Crippen MR) is 159 cm³/mol. The Morgan fingerprint density at radius 3 is 2.48 bits per heavy atom. The van der Waals surface area contributed by atoms with Crippen molar-refractivity contribution in [3.05, 3.63) is 70.1 Å². The number of nitrogens with two attached hydrogens (primary N) is 1. The van der Waals surface area contributed by atoms with Crippen molar-refractivity contribution in [2.24, 2.45) is 11.7 Å².